The number of para-hydroxylation sites is 3. The van der Waals surface area contributed by atoms with Crippen molar-refractivity contribution in [2.24, 2.45) is 0 Å². The SMILES string of the molecule is c1ccc(-c2nc(-c3ccc(-c4ccc5sc6c7ccccc7nc(-c7ccccc7)c6c5c4)cc3)nc(-c3ccc(-c4cccc5c4oc4ccccc45)cc3)n2)cc1. The number of hydrogen-bond acceptors (Lipinski definition) is 6. The first kappa shape index (κ1) is 34.3. The quantitative estimate of drug-likeness (QED) is 0.168. The van der Waals surface area contributed by atoms with E-state index in [1.165, 1.54) is 25.6 Å². The van der Waals surface area contributed by atoms with Crippen LogP contribution in [0.5, 0.6) is 0 Å². The maximum Gasteiger partial charge on any atom is 0.164 e. The molecule has 0 spiro atoms. The van der Waals surface area contributed by atoms with Crippen LogP contribution in [-0.2, 0) is 0 Å². The zero-order valence-electron chi connectivity index (χ0n) is 32.1. The molecule has 0 unspecified atom stereocenters. The average molecular weight is 785 g/mol. The molecule has 0 aliphatic rings. The van der Waals surface area contributed by atoms with Crippen molar-refractivity contribution in [3.63, 3.8) is 0 Å². The molecule has 0 radical (unpaired) electrons. The first-order chi connectivity index (χ1) is 29.7. The Hall–Kier alpha value is -7.80. The predicted octanol–water partition coefficient (Wildman–Crippen LogP) is 14.7. The lowest BCUT2D eigenvalue weighted by Gasteiger charge is -2.10. The molecule has 0 saturated heterocycles. The first-order valence-electron chi connectivity index (χ1n) is 20.0. The van der Waals surface area contributed by atoms with Crippen molar-refractivity contribution in [1.29, 1.82) is 0 Å². The van der Waals surface area contributed by atoms with E-state index >= 15 is 0 Å². The third-order valence-electron chi connectivity index (χ3n) is 11.4. The molecule has 60 heavy (non-hydrogen) atoms. The van der Waals surface area contributed by atoms with Crippen LogP contribution in [-0.4, -0.2) is 19.9 Å². The third kappa shape index (κ3) is 5.76. The monoisotopic (exact) mass is 784 g/mol. The van der Waals surface area contributed by atoms with Crippen molar-refractivity contribution in [2.45, 2.75) is 0 Å². The van der Waals surface area contributed by atoms with Crippen LogP contribution in [0.1, 0.15) is 0 Å². The zero-order valence-corrected chi connectivity index (χ0v) is 32.9. The largest absolute Gasteiger partial charge is 0.455 e. The number of benzene rings is 8. The van der Waals surface area contributed by atoms with Crippen molar-refractivity contribution >= 4 is 64.4 Å². The van der Waals surface area contributed by atoms with Gasteiger partial charge in [-0.2, -0.15) is 0 Å². The summed E-state index contributed by atoms with van der Waals surface area (Å²) in [6, 6.07) is 67.3. The number of fused-ring (bicyclic) bond motifs is 8. The highest BCUT2D eigenvalue weighted by Crippen LogP contribution is 2.44. The number of thiophene rings is 1. The van der Waals surface area contributed by atoms with E-state index in [1.54, 1.807) is 0 Å². The van der Waals surface area contributed by atoms with E-state index in [1.807, 2.05) is 59.9 Å². The van der Waals surface area contributed by atoms with Crippen LogP contribution < -0.4 is 0 Å². The molecule has 280 valence electrons. The van der Waals surface area contributed by atoms with Crippen LogP contribution in [0.4, 0.5) is 0 Å². The van der Waals surface area contributed by atoms with Gasteiger partial charge >= 0.3 is 0 Å². The van der Waals surface area contributed by atoms with E-state index in [4.69, 9.17) is 24.4 Å². The maximum absolute atomic E-state index is 6.35. The number of aromatic nitrogens is 4. The molecule has 0 N–H and O–H groups in total. The van der Waals surface area contributed by atoms with Crippen molar-refractivity contribution in [2.75, 3.05) is 0 Å². The number of rotatable bonds is 6. The zero-order chi connectivity index (χ0) is 39.6. The topological polar surface area (TPSA) is 64.7 Å². The van der Waals surface area contributed by atoms with Gasteiger partial charge < -0.3 is 4.42 Å². The Morgan fingerprint density at radius 1 is 0.367 bits per heavy atom. The molecule has 0 fully saturated rings. The lowest BCUT2D eigenvalue weighted by atomic mass is 9.99. The van der Waals surface area contributed by atoms with Gasteiger partial charge in [-0.15, -0.1) is 11.3 Å². The summed E-state index contributed by atoms with van der Waals surface area (Å²) in [5.41, 5.74) is 12.0. The fourth-order valence-corrected chi connectivity index (χ4v) is 9.60. The van der Waals surface area contributed by atoms with Crippen molar-refractivity contribution in [3.05, 3.63) is 194 Å². The lowest BCUT2D eigenvalue weighted by molar-refractivity contribution is 0.670. The van der Waals surface area contributed by atoms with Crippen LogP contribution in [0.25, 0.3) is 121 Å². The molecule has 0 bridgehead atoms. The van der Waals surface area contributed by atoms with Crippen LogP contribution in [0, 0.1) is 0 Å². The maximum atomic E-state index is 6.35. The van der Waals surface area contributed by atoms with Gasteiger partial charge in [-0.3, -0.25) is 0 Å². The Morgan fingerprint density at radius 3 is 1.63 bits per heavy atom. The summed E-state index contributed by atoms with van der Waals surface area (Å²) in [6.45, 7) is 0. The molecule has 12 aromatic rings. The summed E-state index contributed by atoms with van der Waals surface area (Å²) in [5.74, 6) is 1.86. The average Bonchev–Trinajstić information content (AvgIpc) is 3.91. The second-order valence-electron chi connectivity index (χ2n) is 15.0. The van der Waals surface area contributed by atoms with Gasteiger partial charge in [0.05, 0.1) is 11.2 Å². The minimum atomic E-state index is 0.613. The molecule has 0 aliphatic heterocycles. The number of furan rings is 1. The Balaban J connectivity index is 0.926. The van der Waals surface area contributed by atoms with E-state index in [2.05, 4.69) is 146 Å². The highest BCUT2D eigenvalue weighted by atomic mass is 32.1. The smallest absolute Gasteiger partial charge is 0.164 e. The molecule has 4 heterocycles. The number of nitrogens with zero attached hydrogens (tertiary/aromatic N) is 4. The summed E-state index contributed by atoms with van der Waals surface area (Å²) < 4.78 is 8.86. The lowest BCUT2D eigenvalue weighted by Crippen LogP contribution is -2.00. The predicted molar refractivity (Wildman–Crippen MR) is 248 cm³/mol. The highest BCUT2D eigenvalue weighted by Gasteiger charge is 2.18. The number of pyridine rings is 1. The Morgan fingerprint density at radius 2 is 0.917 bits per heavy atom. The molecule has 4 aromatic heterocycles. The van der Waals surface area contributed by atoms with Crippen LogP contribution in [0.15, 0.2) is 199 Å². The fraction of sp³-hybridized carbons (Fsp3) is 0. The Kier molecular flexibility index (Phi) is 7.96. The molecule has 0 atom stereocenters. The van der Waals surface area contributed by atoms with Gasteiger partial charge in [0.2, 0.25) is 0 Å². The molecule has 0 saturated carbocycles. The fourth-order valence-electron chi connectivity index (χ4n) is 8.38. The summed E-state index contributed by atoms with van der Waals surface area (Å²) in [6.07, 6.45) is 0. The molecule has 12 rings (SSSR count). The van der Waals surface area contributed by atoms with Gasteiger partial charge in [-0.1, -0.05) is 170 Å². The minimum Gasteiger partial charge on any atom is -0.455 e. The van der Waals surface area contributed by atoms with Gasteiger partial charge in [-0.05, 0) is 41.0 Å². The molecule has 0 amide bonds. The molecular formula is C54H32N4OS. The molecule has 6 heteroatoms. The van der Waals surface area contributed by atoms with Gasteiger partial charge in [0.25, 0.3) is 0 Å². The van der Waals surface area contributed by atoms with Crippen molar-refractivity contribution in [1.82, 2.24) is 19.9 Å². The van der Waals surface area contributed by atoms with E-state index in [0.29, 0.717) is 17.5 Å². The first-order valence-corrected chi connectivity index (χ1v) is 20.8. The van der Waals surface area contributed by atoms with E-state index in [9.17, 15) is 0 Å². The second-order valence-corrected chi connectivity index (χ2v) is 16.0. The normalized spacial score (nSPS) is 11.7. The van der Waals surface area contributed by atoms with E-state index < -0.39 is 0 Å². The van der Waals surface area contributed by atoms with Crippen LogP contribution in [0.2, 0.25) is 0 Å². The standard InChI is InChI=1S/C54H32N4OS/c1-3-12-35(13-4-1)49-48-44-32-39(30-31-47(44)60-51(48)43-17-7-9-20-45(43)55-49)33-22-26-37(27-23-33)53-56-52(36-14-5-2-6-15-36)57-54(58-53)38-28-24-34(25-29-38)40-18-11-19-42-41-16-8-10-21-46(41)59-50(40)42/h1-32H. The van der Waals surface area contributed by atoms with E-state index in [0.717, 1.165) is 77.7 Å². The Bertz CT molecular complexity index is 3580. The van der Waals surface area contributed by atoms with E-state index in [-0.39, 0.29) is 0 Å². The molecule has 8 aromatic carbocycles. The van der Waals surface area contributed by atoms with Crippen molar-refractivity contribution in [3.8, 4) is 67.7 Å². The van der Waals surface area contributed by atoms with Gasteiger partial charge in [-0.25, -0.2) is 19.9 Å². The summed E-state index contributed by atoms with van der Waals surface area (Å²) >= 11 is 1.84. The number of hydrogen-bond donors (Lipinski definition) is 0. The highest BCUT2D eigenvalue weighted by molar-refractivity contribution is 7.26. The van der Waals surface area contributed by atoms with Gasteiger partial charge in [0.15, 0.2) is 17.5 Å². The summed E-state index contributed by atoms with van der Waals surface area (Å²) in [4.78, 5) is 20.3. The van der Waals surface area contributed by atoms with Crippen molar-refractivity contribution < 1.29 is 4.42 Å². The van der Waals surface area contributed by atoms with Gasteiger partial charge in [0.1, 0.15) is 11.2 Å². The summed E-state index contributed by atoms with van der Waals surface area (Å²) in [7, 11) is 0. The van der Waals surface area contributed by atoms with Crippen LogP contribution in [0.3, 0.4) is 0 Å². The second kappa shape index (κ2) is 13.9. The molecule has 5 nitrogen and oxygen atoms in total. The molecule has 0 aliphatic carbocycles. The third-order valence-corrected chi connectivity index (χ3v) is 12.6. The van der Waals surface area contributed by atoms with Gasteiger partial charge in [0, 0.05) is 64.1 Å². The Labute approximate surface area is 348 Å². The van der Waals surface area contributed by atoms with Crippen LogP contribution >= 0.6 is 11.3 Å². The molecular weight excluding hydrogens is 753 g/mol. The summed E-state index contributed by atoms with van der Waals surface area (Å²) in [5, 5.41) is 5.82. The minimum absolute atomic E-state index is 0.613.